The van der Waals surface area contributed by atoms with Crippen LogP contribution >= 0.6 is 0 Å². The standard InChI is InChI=1S/C27H33N3O6/c1-16(2)36-20-10-11-21(17(3)14-20)25(32)23-24(30(13-12-29(4)5)27(34)26(23)33)18-6-8-19(9-7-18)35-15-22(28)31/h6-11,14,16,24,32H,12-13,15H2,1-5H3,(H2,28,31)/b25-23+. The summed E-state index contributed by atoms with van der Waals surface area (Å²) in [6.07, 6.45) is -0.0132. The average Bonchev–Trinajstić information content (AvgIpc) is 3.05. The molecule has 0 spiro atoms. The first-order valence-electron chi connectivity index (χ1n) is 11.7. The number of amides is 2. The van der Waals surface area contributed by atoms with Gasteiger partial charge in [-0.25, -0.2) is 0 Å². The zero-order valence-electron chi connectivity index (χ0n) is 21.3. The highest BCUT2D eigenvalue weighted by atomic mass is 16.5. The van der Waals surface area contributed by atoms with Crippen LogP contribution in [0.2, 0.25) is 0 Å². The van der Waals surface area contributed by atoms with Gasteiger partial charge in [0.1, 0.15) is 17.3 Å². The van der Waals surface area contributed by atoms with Crippen LogP contribution in [0.5, 0.6) is 11.5 Å². The number of benzene rings is 2. The normalized spacial score (nSPS) is 17.2. The number of likely N-dealkylation sites (N-methyl/N-ethyl adjacent to an activating group) is 1. The first-order chi connectivity index (χ1) is 17.0. The van der Waals surface area contributed by atoms with Crippen molar-refractivity contribution in [3.8, 4) is 11.5 Å². The molecule has 0 aromatic heterocycles. The molecule has 192 valence electrons. The number of carbonyl (C=O) groups is 3. The van der Waals surface area contributed by atoms with E-state index in [1.165, 1.54) is 4.90 Å². The third kappa shape index (κ3) is 6.04. The number of hydrogen-bond acceptors (Lipinski definition) is 7. The lowest BCUT2D eigenvalue weighted by atomic mass is 9.94. The molecule has 9 heteroatoms. The minimum Gasteiger partial charge on any atom is -0.507 e. The minimum atomic E-state index is -0.791. The summed E-state index contributed by atoms with van der Waals surface area (Å²) in [4.78, 5) is 40.7. The molecule has 2 amide bonds. The molecule has 1 heterocycles. The number of likely N-dealkylation sites (tertiary alicyclic amines) is 1. The van der Waals surface area contributed by atoms with Gasteiger partial charge in [0, 0.05) is 18.7 Å². The van der Waals surface area contributed by atoms with Crippen LogP contribution in [0.4, 0.5) is 0 Å². The van der Waals surface area contributed by atoms with Crippen molar-refractivity contribution in [2.45, 2.75) is 32.9 Å². The van der Waals surface area contributed by atoms with Gasteiger partial charge < -0.3 is 30.1 Å². The number of ketones is 1. The van der Waals surface area contributed by atoms with Crippen LogP contribution in [0.3, 0.4) is 0 Å². The average molecular weight is 496 g/mol. The smallest absolute Gasteiger partial charge is 0.295 e. The van der Waals surface area contributed by atoms with Crippen LogP contribution in [-0.4, -0.2) is 72.4 Å². The van der Waals surface area contributed by atoms with E-state index in [-0.39, 0.29) is 24.0 Å². The number of primary amides is 1. The molecular weight excluding hydrogens is 462 g/mol. The Labute approximate surface area is 211 Å². The topological polar surface area (TPSA) is 122 Å². The summed E-state index contributed by atoms with van der Waals surface area (Å²) in [6.45, 7) is 6.20. The maximum absolute atomic E-state index is 13.2. The van der Waals surface area contributed by atoms with Gasteiger partial charge in [-0.1, -0.05) is 12.1 Å². The Morgan fingerprint density at radius 2 is 1.75 bits per heavy atom. The lowest BCUT2D eigenvalue weighted by Gasteiger charge is -2.26. The number of hydrogen-bond donors (Lipinski definition) is 2. The van der Waals surface area contributed by atoms with Crippen LogP contribution in [0.1, 0.15) is 36.6 Å². The van der Waals surface area contributed by atoms with Gasteiger partial charge in [-0.15, -0.1) is 0 Å². The lowest BCUT2D eigenvalue weighted by Crippen LogP contribution is -2.35. The van der Waals surface area contributed by atoms with Crippen LogP contribution in [0.15, 0.2) is 48.0 Å². The molecule has 2 aromatic carbocycles. The number of nitrogens with zero attached hydrogens (tertiary/aromatic N) is 2. The molecule has 0 bridgehead atoms. The highest BCUT2D eigenvalue weighted by Gasteiger charge is 2.46. The largest absolute Gasteiger partial charge is 0.507 e. The Balaban J connectivity index is 2.07. The first-order valence-corrected chi connectivity index (χ1v) is 11.7. The number of carbonyl (C=O) groups excluding carboxylic acids is 3. The van der Waals surface area contributed by atoms with E-state index in [0.29, 0.717) is 41.3 Å². The van der Waals surface area contributed by atoms with E-state index >= 15 is 0 Å². The molecule has 1 atom stereocenters. The molecule has 1 aliphatic rings. The summed E-state index contributed by atoms with van der Waals surface area (Å²) >= 11 is 0. The fourth-order valence-corrected chi connectivity index (χ4v) is 4.06. The molecular formula is C27H33N3O6. The van der Waals surface area contributed by atoms with Gasteiger partial charge in [-0.05, 0) is 76.3 Å². The van der Waals surface area contributed by atoms with Crippen molar-refractivity contribution in [2.24, 2.45) is 5.73 Å². The maximum Gasteiger partial charge on any atom is 0.295 e. The number of aliphatic hydroxyl groups is 1. The molecule has 36 heavy (non-hydrogen) atoms. The van der Waals surface area contributed by atoms with Crippen LogP contribution in [0, 0.1) is 6.92 Å². The van der Waals surface area contributed by atoms with Gasteiger partial charge in [-0.2, -0.15) is 0 Å². The molecule has 9 nitrogen and oxygen atoms in total. The second-order valence-corrected chi connectivity index (χ2v) is 9.26. The van der Waals surface area contributed by atoms with Gasteiger partial charge in [-0.3, -0.25) is 14.4 Å². The van der Waals surface area contributed by atoms with E-state index in [1.54, 1.807) is 42.5 Å². The Morgan fingerprint density at radius 1 is 1.11 bits per heavy atom. The zero-order valence-corrected chi connectivity index (χ0v) is 21.3. The van der Waals surface area contributed by atoms with E-state index in [0.717, 1.165) is 0 Å². The Hall–Kier alpha value is -3.85. The van der Waals surface area contributed by atoms with E-state index in [1.807, 2.05) is 39.8 Å². The number of rotatable bonds is 10. The minimum absolute atomic E-state index is 0.0132. The fourth-order valence-electron chi connectivity index (χ4n) is 4.06. The van der Waals surface area contributed by atoms with Crippen molar-refractivity contribution < 1.29 is 29.0 Å². The quantitative estimate of drug-likeness (QED) is 0.295. The molecule has 1 fully saturated rings. The highest BCUT2D eigenvalue weighted by Crippen LogP contribution is 2.40. The fraction of sp³-hybridized carbons (Fsp3) is 0.370. The molecule has 0 radical (unpaired) electrons. The number of aryl methyl sites for hydroxylation is 1. The summed E-state index contributed by atoms with van der Waals surface area (Å²) in [5.41, 5.74) is 6.93. The van der Waals surface area contributed by atoms with Crippen molar-refractivity contribution in [1.82, 2.24) is 9.80 Å². The molecule has 3 rings (SSSR count). The summed E-state index contributed by atoms with van der Waals surface area (Å²) in [6, 6.07) is 11.1. The molecule has 2 aromatic rings. The molecule has 1 saturated heterocycles. The van der Waals surface area contributed by atoms with Gasteiger partial charge in [0.25, 0.3) is 17.6 Å². The van der Waals surface area contributed by atoms with Gasteiger partial charge in [0.15, 0.2) is 6.61 Å². The predicted octanol–water partition coefficient (Wildman–Crippen LogP) is 2.63. The van der Waals surface area contributed by atoms with E-state index in [9.17, 15) is 19.5 Å². The molecule has 3 N–H and O–H groups in total. The monoisotopic (exact) mass is 495 g/mol. The van der Waals surface area contributed by atoms with E-state index < -0.39 is 23.6 Å². The molecule has 0 aliphatic carbocycles. The van der Waals surface area contributed by atoms with Gasteiger partial charge in [0.2, 0.25) is 0 Å². The summed E-state index contributed by atoms with van der Waals surface area (Å²) in [5.74, 6) is -1.19. The maximum atomic E-state index is 13.2. The van der Waals surface area contributed by atoms with E-state index in [2.05, 4.69) is 0 Å². The highest BCUT2D eigenvalue weighted by molar-refractivity contribution is 6.46. The number of aliphatic hydroxyl groups excluding tert-OH is 1. The number of ether oxygens (including phenoxy) is 2. The lowest BCUT2D eigenvalue weighted by molar-refractivity contribution is -0.140. The summed E-state index contributed by atoms with van der Waals surface area (Å²) in [5, 5.41) is 11.3. The van der Waals surface area contributed by atoms with Gasteiger partial charge in [0.05, 0.1) is 17.7 Å². The predicted molar refractivity (Wildman–Crippen MR) is 136 cm³/mol. The second-order valence-electron chi connectivity index (χ2n) is 9.26. The second kappa shape index (κ2) is 11.3. The van der Waals surface area contributed by atoms with E-state index in [4.69, 9.17) is 15.2 Å². The van der Waals surface area contributed by atoms with Crippen molar-refractivity contribution in [1.29, 1.82) is 0 Å². The van der Waals surface area contributed by atoms with Crippen LogP contribution in [0.25, 0.3) is 5.76 Å². The third-order valence-corrected chi connectivity index (χ3v) is 5.73. The zero-order chi connectivity index (χ0) is 26.6. The Morgan fingerprint density at radius 3 is 2.31 bits per heavy atom. The summed E-state index contributed by atoms with van der Waals surface area (Å²) in [7, 11) is 3.75. The summed E-state index contributed by atoms with van der Waals surface area (Å²) < 4.78 is 11.1. The first kappa shape index (κ1) is 26.7. The SMILES string of the molecule is Cc1cc(OC(C)C)ccc1/C(O)=C1\C(=O)C(=O)N(CCN(C)C)C1c1ccc(OCC(N)=O)cc1. The van der Waals surface area contributed by atoms with Crippen molar-refractivity contribution in [2.75, 3.05) is 33.8 Å². The Bertz CT molecular complexity index is 1170. The van der Waals surface area contributed by atoms with Crippen LogP contribution in [-0.2, 0) is 14.4 Å². The van der Waals surface area contributed by atoms with Crippen molar-refractivity contribution in [3.63, 3.8) is 0 Å². The third-order valence-electron chi connectivity index (χ3n) is 5.73. The number of nitrogens with two attached hydrogens (primary N) is 1. The van der Waals surface area contributed by atoms with Crippen LogP contribution < -0.4 is 15.2 Å². The molecule has 1 aliphatic heterocycles. The number of Topliss-reactive ketones (excluding diaryl/α,β-unsaturated/α-hetero) is 1. The molecule has 0 saturated carbocycles. The van der Waals surface area contributed by atoms with Gasteiger partial charge >= 0.3 is 0 Å². The Kier molecular flexibility index (Phi) is 8.37. The molecule has 1 unspecified atom stereocenters. The van der Waals surface area contributed by atoms with Crippen molar-refractivity contribution >= 4 is 23.4 Å². The van der Waals surface area contributed by atoms with Crippen molar-refractivity contribution in [3.05, 3.63) is 64.7 Å².